The Labute approximate surface area is 244 Å². The fourth-order valence-electron chi connectivity index (χ4n) is 5.16. The number of aromatic amines is 1. The summed E-state index contributed by atoms with van der Waals surface area (Å²) in [5.74, 6) is 1.39. The molecule has 2 N–H and O–H groups in total. The number of hydrogen-bond donors (Lipinski definition) is 2. The van der Waals surface area contributed by atoms with Crippen LogP contribution in [-0.4, -0.2) is 41.7 Å². The molecule has 0 saturated carbocycles. The third-order valence-corrected chi connectivity index (χ3v) is 7.84. The average Bonchev–Trinajstić information content (AvgIpc) is 3.29. The van der Waals surface area contributed by atoms with Gasteiger partial charge in [-0.1, -0.05) is 37.6 Å². The predicted octanol–water partition coefficient (Wildman–Crippen LogP) is 7.38. The number of carbonyl (C=O) groups is 1. The molecule has 2 heterocycles. The molecule has 1 unspecified atom stereocenters. The van der Waals surface area contributed by atoms with Crippen LogP contribution in [0.4, 0.5) is 4.79 Å². The molecule has 0 saturated heterocycles. The third-order valence-electron chi connectivity index (χ3n) is 7.12. The quantitative estimate of drug-likeness (QED) is 0.149. The number of aryl methyl sites for hydroxylation is 1. The van der Waals surface area contributed by atoms with Crippen LogP contribution in [0.3, 0.4) is 0 Å². The van der Waals surface area contributed by atoms with Crippen molar-refractivity contribution in [3.8, 4) is 11.5 Å². The van der Waals surface area contributed by atoms with Crippen molar-refractivity contribution in [3.63, 3.8) is 0 Å². The molecule has 6 nitrogen and oxygen atoms in total. The van der Waals surface area contributed by atoms with Crippen molar-refractivity contribution >= 4 is 39.6 Å². The number of halogens is 1. The first-order valence-corrected chi connectivity index (χ1v) is 14.8. The van der Waals surface area contributed by atoms with Gasteiger partial charge in [-0.25, -0.2) is 4.79 Å². The van der Waals surface area contributed by atoms with E-state index in [1.54, 1.807) is 0 Å². The van der Waals surface area contributed by atoms with Gasteiger partial charge in [0.25, 0.3) is 0 Å². The highest BCUT2D eigenvalue weighted by Crippen LogP contribution is 2.39. The van der Waals surface area contributed by atoms with Crippen molar-refractivity contribution in [1.29, 1.82) is 0 Å². The maximum atomic E-state index is 13.5. The maximum absolute atomic E-state index is 13.5. The lowest BCUT2D eigenvalue weighted by Gasteiger charge is -2.35. The van der Waals surface area contributed by atoms with E-state index in [1.165, 1.54) is 16.5 Å². The van der Waals surface area contributed by atoms with Crippen LogP contribution in [0.25, 0.3) is 10.9 Å². The molecule has 0 bridgehead atoms. The maximum Gasteiger partial charge on any atom is 0.416 e. The molecule has 0 radical (unpaired) electrons. The summed E-state index contributed by atoms with van der Waals surface area (Å²) < 4.78 is 12.9. The molecular formula is C32H36IN3O3. The number of H-pyrrole nitrogens is 1. The van der Waals surface area contributed by atoms with Crippen molar-refractivity contribution in [2.45, 2.75) is 52.1 Å². The van der Waals surface area contributed by atoms with Gasteiger partial charge in [0.2, 0.25) is 0 Å². The van der Waals surface area contributed by atoms with E-state index in [2.05, 4.69) is 84.0 Å². The Bertz CT molecular complexity index is 1410. The van der Waals surface area contributed by atoms with Gasteiger partial charge in [-0.3, -0.25) is 4.90 Å². The molecule has 1 aliphatic rings. The van der Waals surface area contributed by atoms with E-state index in [-0.39, 0.29) is 12.1 Å². The van der Waals surface area contributed by atoms with E-state index in [0.717, 1.165) is 51.9 Å². The van der Waals surface area contributed by atoms with Crippen LogP contribution in [0.2, 0.25) is 0 Å². The first kappa shape index (κ1) is 27.5. The second kappa shape index (κ2) is 12.4. The molecule has 1 aromatic heterocycles. The van der Waals surface area contributed by atoms with E-state index in [4.69, 9.17) is 9.47 Å². The summed E-state index contributed by atoms with van der Waals surface area (Å²) >= 11 is 2.24. The molecule has 4 aromatic rings. The zero-order valence-corrected chi connectivity index (χ0v) is 25.0. The Balaban J connectivity index is 1.38. The van der Waals surface area contributed by atoms with E-state index in [9.17, 15) is 4.79 Å². The number of amides is 1. The minimum atomic E-state index is -0.350. The van der Waals surface area contributed by atoms with Crippen LogP contribution in [0.1, 0.15) is 55.1 Å². The van der Waals surface area contributed by atoms with Gasteiger partial charge in [-0.2, -0.15) is 0 Å². The molecule has 7 heteroatoms. The number of rotatable bonds is 9. The molecule has 204 valence electrons. The lowest BCUT2D eigenvalue weighted by atomic mass is 9.92. The van der Waals surface area contributed by atoms with Gasteiger partial charge in [-0.15, -0.1) is 0 Å². The summed E-state index contributed by atoms with van der Waals surface area (Å²) in [6.07, 6.45) is 2.50. The number of nitrogens with zero attached hydrogens (tertiary/aromatic N) is 1. The van der Waals surface area contributed by atoms with Gasteiger partial charge < -0.3 is 19.8 Å². The number of unbranched alkanes of at least 4 members (excludes halogenated alkanes) is 1. The van der Waals surface area contributed by atoms with Crippen molar-refractivity contribution in [3.05, 3.63) is 92.7 Å². The van der Waals surface area contributed by atoms with Crippen LogP contribution in [0.5, 0.6) is 11.5 Å². The Kier molecular flexibility index (Phi) is 8.77. The van der Waals surface area contributed by atoms with E-state index >= 15 is 0 Å². The topological polar surface area (TPSA) is 66.6 Å². The second-order valence-corrected chi connectivity index (χ2v) is 11.7. The summed E-state index contributed by atoms with van der Waals surface area (Å²) in [4.78, 5) is 19.0. The van der Waals surface area contributed by atoms with Gasteiger partial charge >= 0.3 is 6.09 Å². The number of hydrogen-bond acceptors (Lipinski definition) is 4. The number of aromatic nitrogens is 1. The fraction of sp³-hybridized carbons (Fsp3) is 0.344. The van der Waals surface area contributed by atoms with E-state index in [1.807, 2.05) is 41.3 Å². The number of ether oxygens (including phenoxy) is 2. The van der Waals surface area contributed by atoms with Crippen molar-refractivity contribution in [2.24, 2.45) is 0 Å². The number of carbonyl (C=O) groups excluding carboxylic acids is 1. The smallest absolute Gasteiger partial charge is 0.416 e. The van der Waals surface area contributed by atoms with Crippen LogP contribution in [0.15, 0.2) is 66.7 Å². The highest BCUT2D eigenvalue weighted by molar-refractivity contribution is 14.1. The molecule has 0 spiro atoms. The van der Waals surface area contributed by atoms with Crippen LogP contribution in [0, 0.1) is 10.5 Å². The summed E-state index contributed by atoms with van der Waals surface area (Å²) in [5.41, 5.74) is 5.66. The van der Waals surface area contributed by atoms with E-state index in [0.29, 0.717) is 24.9 Å². The number of benzene rings is 3. The van der Waals surface area contributed by atoms with Crippen molar-refractivity contribution in [1.82, 2.24) is 15.2 Å². The van der Waals surface area contributed by atoms with Gasteiger partial charge in [0.05, 0.1) is 6.61 Å². The lowest BCUT2D eigenvalue weighted by Crippen LogP contribution is -2.42. The van der Waals surface area contributed by atoms with Gasteiger partial charge in [-0.05, 0) is 115 Å². The normalized spacial score (nSPS) is 15.0. The van der Waals surface area contributed by atoms with Gasteiger partial charge in [0.1, 0.15) is 17.5 Å². The summed E-state index contributed by atoms with van der Waals surface area (Å²) in [5, 5.41) is 4.67. The second-order valence-electron chi connectivity index (χ2n) is 10.5. The Morgan fingerprint density at radius 1 is 1.05 bits per heavy atom. The largest absolute Gasteiger partial charge is 0.494 e. The summed E-state index contributed by atoms with van der Waals surface area (Å²) in [7, 11) is 0. The van der Waals surface area contributed by atoms with Crippen LogP contribution >= 0.6 is 22.6 Å². The molecule has 0 aliphatic carbocycles. The summed E-state index contributed by atoms with van der Waals surface area (Å²) in [6.45, 7) is 8.69. The van der Waals surface area contributed by atoms with Gasteiger partial charge in [0, 0.05) is 32.8 Å². The highest BCUT2D eigenvalue weighted by Gasteiger charge is 2.35. The standard InChI is InChI=1S/C32H36IN3O3/c1-21(2)34-17-4-5-19-38-25-11-7-23(8-12-25)31-30-27(28-20-22(3)6-15-29(28)35-30)16-18-36(31)32(37)39-26-13-9-24(33)10-14-26/h6-15,20-21,31,34-35H,4-5,16-19H2,1-3H3. The molecular weight excluding hydrogens is 601 g/mol. The first-order chi connectivity index (χ1) is 18.9. The monoisotopic (exact) mass is 637 g/mol. The average molecular weight is 638 g/mol. The minimum Gasteiger partial charge on any atom is -0.494 e. The van der Waals surface area contributed by atoms with Crippen LogP contribution < -0.4 is 14.8 Å². The van der Waals surface area contributed by atoms with E-state index < -0.39 is 0 Å². The zero-order chi connectivity index (χ0) is 27.4. The van der Waals surface area contributed by atoms with Gasteiger partial charge in [0.15, 0.2) is 0 Å². The molecule has 0 fully saturated rings. The molecule has 1 aliphatic heterocycles. The zero-order valence-electron chi connectivity index (χ0n) is 22.8. The van der Waals surface area contributed by atoms with Crippen molar-refractivity contribution in [2.75, 3.05) is 19.7 Å². The molecule has 1 amide bonds. The first-order valence-electron chi connectivity index (χ1n) is 13.7. The summed E-state index contributed by atoms with van der Waals surface area (Å²) in [6, 6.07) is 22.4. The lowest BCUT2D eigenvalue weighted by molar-refractivity contribution is 0.135. The third kappa shape index (κ3) is 6.58. The van der Waals surface area contributed by atoms with Crippen molar-refractivity contribution < 1.29 is 14.3 Å². The Morgan fingerprint density at radius 3 is 2.54 bits per heavy atom. The van der Waals surface area contributed by atoms with Crippen LogP contribution in [-0.2, 0) is 6.42 Å². The minimum absolute atomic E-state index is 0.283. The Hall–Kier alpha value is -3.04. The Morgan fingerprint density at radius 2 is 1.79 bits per heavy atom. The molecule has 3 aromatic carbocycles. The molecule has 5 rings (SSSR count). The predicted molar refractivity (Wildman–Crippen MR) is 165 cm³/mol. The molecule has 1 atom stereocenters. The number of fused-ring (bicyclic) bond motifs is 3. The SMILES string of the molecule is Cc1ccc2[nH]c3c(c2c1)CCN(C(=O)Oc1ccc(I)cc1)C3c1ccc(OCCCCNC(C)C)cc1. The fourth-order valence-corrected chi connectivity index (χ4v) is 5.52. The highest BCUT2D eigenvalue weighted by atomic mass is 127. The molecule has 39 heavy (non-hydrogen) atoms. The number of nitrogens with one attached hydrogen (secondary N) is 2.